The standard InChI is InChI=1S/C25H35NO4.C23H31NO5.C22H31NO3.C20H27NO4.C15H19NO4.C12H15NO3/c1-18(2)9-7-10-19(3)11-8-12-20(4)15-16-30-24-17-22(25(28)29-6)13-14-23(24)26-21(5)27;1-16(2)7-5-8-17(3)9-6-10-18(4)13-14-29-21-15-19(22(25)26)11-12-20(21)24-23(27)28;1-16(2)7-5-8-17(3)9-6-10-18(4)13-14-26-21-15-19(22(24)25)11-12-20(21)23;1-14(2)7-6-8-15(3)11-12-25-19-13-17(20(23)24-5)9-10-18(19)21-16(4)22;1-10(2)7-8-20-14-9-12(15(18)19-4)5-6-13(14)16-11(3)17;1-8(2)5-6-16-11-7-9(12(14)15)3-4-10(11)13/h9,11,13-15,17H,7-8,10,12,16H2,1-6H3,(H,26,27);7,9,11-13,15,24H,5-6,8,10,14H2,1-4H3,(H,25,26)(H,27,28);7,9,11-13,15H,5-6,8,10,14,23H2,1-4H3,(H,24,25);7,9-11,13H,6,8,12H2,1-5H3,(H,21,22);5-7,9H,8H2,1-4H3,(H,16,17);3-5,7H,6,13H2,1-2H3,(H,14,15)/b19-11+,20-15+;2*17-9+,18-13+;15-11+;;. The number of methoxy groups -OCH3 is 3. The molecule has 0 saturated heterocycles. The van der Waals surface area contributed by atoms with Crippen LogP contribution in [0.25, 0.3) is 0 Å². The Morgan fingerprint density at radius 1 is 0.240 bits per heavy atom. The third kappa shape index (κ3) is 60.3. The Bertz CT molecular complexity index is 5700. The molecule has 0 aliphatic rings. The summed E-state index contributed by atoms with van der Waals surface area (Å²) in [4.78, 5) is 113. The minimum atomic E-state index is -1.24. The lowest BCUT2D eigenvalue weighted by molar-refractivity contribution is -0.115. The molecule has 0 aliphatic carbocycles. The summed E-state index contributed by atoms with van der Waals surface area (Å²) in [5, 5.41) is 46.1. The molecule has 0 unspecified atom stereocenters. The molecule has 6 aromatic rings. The number of benzene rings is 6. The molecule has 29 heteroatoms. The highest BCUT2D eigenvalue weighted by Gasteiger charge is 2.18. The molecule has 0 spiro atoms. The van der Waals surface area contributed by atoms with Gasteiger partial charge in [-0.2, -0.15) is 0 Å². The Balaban J connectivity index is 0.000000884. The lowest BCUT2D eigenvalue weighted by Gasteiger charge is -2.12. The smallest absolute Gasteiger partial charge is 0.409 e. The predicted molar refractivity (Wildman–Crippen MR) is 587 cm³/mol. The topological polar surface area (TPSA) is 435 Å². The molecule has 0 aliphatic heterocycles. The number of hydrogen-bond acceptors (Lipinski definition) is 21. The van der Waals surface area contributed by atoms with E-state index in [2.05, 4.69) is 165 Å². The van der Waals surface area contributed by atoms with Crippen LogP contribution in [0.2, 0.25) is 0 Å². The Morgan fingerprint density at radius 3 is 0.637 bits per heavy atom. The first-order valence-corrected chi connectivity index (χ1v) is 48.3. The molecule has 794 valence electrons. The molecule has 6 rings (SSSR count). The van der Waals surface area contributed by atoms with Crippen LogP contribution in [0.4, 0.5) is 38.9 Å². The summed E-state index contributed by atoms with van der Waals surface area (Å²) in [5.74, 6) is -2.76. The first-order valence-electron chi connectivity index (χ1n) is 48.3. The Morgan fingerprint density at radius 2 is 0.425 bits per heavy atom. The van der Waals surface area contributed by atoms with E-state index in [9.17, 15) is 47.9 Å². The summed E-state index contributed by atoms with van der Waals surface area (Å²) in [6, 6.07) is 27.3. The number of carbonyl (C=O) groups is 10. The van der Waals surface area contributed by atoms with Gasteiger partial charge in [0.1, 0.15) is 74.1 Å². The van der Waals surface area contributed by atoms with E-state index in [0.717, 1.165) is 107 Å². The molecule has 0 fully saturated rings. The number of nitrogens with two attached hydrogens (primary N) is 2. The van der Waals surface area contributed by atoms with E-state index >= 15 is 0 Å². The van der Waals surface area contributed by atoms with Crippen molar-refractivity contribution in [2.45, 2.75) is 242 Å². The zero-order valence-corrected chi connectivity index (χ0v) is 90.2. The van der Waals surface area contributed by atoms with Gasteiger partial charge in [0.25, 0.3) is 0 Å². The van der Waals surface area contributed by atoms with Crippen molar-refractivity contribution in [1.29, 1.82) is 0 Å². The number of carboxylic acids is 3. The van der Waals surface area contributed by atoms with Crippen molar-refractivity contribution < 1.29 is 111 Å². The van der Waals surface area contributed by atoms with Crippen molar-refractivity contribution >= 4 is 93.8 Å². The zero-order valence-electron chi connectivity index (χ0n) is 90.2. The zero-order chi connectivity index (χ0) is 110. The SMILES string of the molecule is CC(C)=CCC/C(C)=C/CC/C(C)=C/COc1cc(C(=O)O)ccc1N.CC(C)=CCC/C(C)=C/CC/C(C)=C/COc1cc(C(=O)O)ccc1NC(=O)O.CC(C)=CCOc1cc(C(=O)O)ccc1N.COC(=O)c1ccc(NC(C)=O)c(OC/C=C(\C)CC/C=C(\C)CCC=C(C)C)c1.COC(=O)c1ccc(NC(C)=O)c(OC/C=C(\C)CCC=C(C)C)c1.COC(=O)c1ccc(NC(C)=O)c(OCC=C(C)C)c1. The van der Waals surface area contributed by atoms with Crippen LogP contribution < -0.4 is 61.2 Å². The monoisotopic (exact) mass is 2020 g/mol. The number of allylic oxidation sites excluding steroid dienone is 20. The van der Waals surface area contributed by atoms with Crippen molar-refractivity contribution in [2.75, 3.05) is 93.7 Å². The van der Waals surface area contributed by atoms with Gasteiger partial charge in [-0.15, -0.1) is 0 Å². The number of carboxylic acid groups (broad SMARTS) is 4. The molecular formula is C117H158N6O23. The second-order valence-electron chi connectivity index (χ2n) is 35.9. The van der Waals surface area contributed by atoms with Crippen LogP contribution in [-0.4, -0.2) is 141 Å². The number of nitrogens with one attached hydrogen (secondary N) is 4. The molecule has 0 atom stereocenters. The van der Waals surface area contributed by atoms with Gasteiger partial charge < -0.3 is 90.5 Å². The third-order valence-corrected chi connectivity index (χ3v) is 20.7. The number of esters is 3. The van der Waals surface area contributed by atoms with Gasteiger partial charge in [-0.25, -0.2) is 33.6 Å². The lowest BCUT2D eigenvalue weighted by Crippen LogP contribution is -2.10. The van der Waals surface area contributed by atoms with E-state index in [-0.39, 0.29) is 52.5 Å². The van der Waals surface area contributed by atoms with Crippen LogP contribution in [0.1, 0.15) is 304 Å². The molecule has 146 heavy (non-hydrogen) atoms. The van der Waals surface area contributed by atoms with Gasteiger partial charge in [-0.1, -0.05) is 115 Å². The van der Waals surface area contributed by atoms with Crippen LogP contribution >= 0.6 is 0 Å². The van der Waals surface area contributed by atoms with Crippen LogP contribution in [0, 0.1) is 0 Å². The van der Waals surface area contributed by atoms with Crippen molar-refractivity contribution in [1.82, 2.24) is 0 Å². The molecule has 29 nitrogen and oxygen atoms in total. The van der Waals surface area contributed by atoms with Crippen LogP contribution in [0.3, 0.4) is 0 Å². The second kappa shape index (κ2) is 73.0. The fourth-order valence-electron chi connectivity index (χ4n) is 12.5. The summed E-state index contributed by atoms with van der Waals surface area (Å²) < 4.78 is 47.9. The van der Waals surface area contributed by atoms with E-state index in [0.29, 0.717) is 107 Å². The molecule has 0 aromatic heterocycles. The van der Waals surface area contributed by atoms with Crippen molar-refractivity contribution in [2.24, 2.45) is 0 Å². The van der Waals surface area contributed by atoms with Crippen LogP contribution in [0.5, 0.6) is 34.5 Å². The highest BCUT2D eigenvalue weighted by Crippen LogP contribution is 2.33. The predicted octanol–water partition coefficient (Wildman–Crippen LogP) is 27.9. The maximum atomic E-state index is 11.8. The van der Waals surface area contributed by atoms with E-state index in [1.54, 1.807) is 60.7 Å². The van der Waals surface area contributed by atoms with Crippen molar-refractivity contribution in [3.63, 3.8) is 0 Å². The molecule has 4 amide bonds. The molecular weight excluding hydrogens is 1860 g/mol. The Labute approximate surface area is 864 Å². The average molecular weight is 2020 g/mol. The van der Waals surface area contributed by atoms with Gasteiger partial charge in [-0.3, -0.25) is 19.7 Å². The summed E-state index contributed by atoms with van der Waals surface area (Å²) in [6.45, 7) is 45.8. The van der Waals surface area contributed by atoms with Gasteiger partial charge in [0.2, 0.25) is 17.7 Å². The van der Waals surface area contributed by atoms with Gasteiger partial charge in [0.15, 0.2) is 0 Å². The molecule has 0 saturated carbocycles. The number of carbonyl (C=O) groups excluding carboxylic acids is 6. The highest BCUT2D eigenvalue weighted by molar-refractivity contribution is 5.97. The van der Waals surface area contributed by atoms with E-state index in [1.165, 1.54) is 146 Å². The lowest BCUT2D eigenvalue weighted by atomic mass is 10.1. The number of nitrogen functional groups attached to an aromatic ring is 2. The second-order valence-corrected chi connectivity index (χ2v) is 35.9. The summed E-state index contributed by atoms with van der Waals surface area (Å²) >= 11 is 0. The minimum absolute atomic E-state index is 0.0327. The van der Waals surface area contributed by atoms with Gasteiger partial charge in [0, 0.05) is 20.8 Å². The first-order chi connectivity index (χ1) is 69.0. The van der Waals surface area contributed by atoms with Crippen LogP contribution in [-0.2, 0) is 28.6 Å². The number of hydrogen-bond donors (Lipinski definition) is 10. The summed E-state index contributed by atoms with van der Waals surface area (Å²) in [6.07, 6.45) is 40.6. The summed E-state index contributed by atoms with van der Waals surface area (Å²) in [5.41, 5.74) is 32.3. The third-order valence-electron chi connectivity index (χ3n) is 20.7. The fraction of sp³-hybridized carbons (Fsp3) is 0.385. The number of ether oxygens (including phenoxy) is 9. The van der Waals surface area contributed by atoms with Gasteiger partial charge in [0.05, 0.1) is 88.8 Å². The Hall–Kier alpha value is -15.2. The Kier molecular flexibility index (Phi) is 64.4. The largest absolute Gasteiger partial charge is 0.487 e. The van der Waals surface area contributed by atoms with Gasteiger partial charge >= 0.3 is 41.9 Å². The number of amides is 4. The fourth-order valence-corrected chi connectivity index (χ4v) is 12.5. The van der Waals surface area contributed by atoms with Crippen LogP contribution in [0.15, 0.2) is 261 Å². The quantitative estimate of drug-likeness (QED) is 0.00734. The molecule has 6 aromatic carbocycles. The maximum Gasteiger partial charge on any atom is 0.409 e. The molecule has 12 N–H and O–H groups in total. The van der Waals surface area contributed by atoms with E-state index < -0.39 is 41.9 Å². The maximum absolute atomic E-state index is 11.8. The van der Waals surface area contributed by atoms with E-state index in [1.807, 2.05) is 71.1 Å². The molecule has 0 radical (unpaired) electrons. The average Bonchev–Trinajstić information content (AvgIpc) is 0.916. The first kappa shape index (κ1) is 129. The minimum Gasteiger partial charge on any atom is -0.487 e. The van der Waals surface area contributed by atoms with Crippen molar-refractivity contribution in [3.8, 4) is 34.5 Å². The molecule has 0 heterocycles. The number of anilines is 6. The number of aromatic carboxylic acids is 3. The summed E-state index contributed by atoms with van der Waals surface area (Å²) in [7, 11) is 3.96. The highest BCUT2D eigenvalue weighted by atomic mass is 16.5. The van der Waals surface area contributed by atoms with Gasteiger partial charge in [-0.05, 0) is 367 Å². The normalized spacial score (nSPS) is 11.1. The number of rotatable bonds is 49. The molecule has 0 bridgehead atoms. The van der Waals surface area contributed by atoms with E-state index in [4.69, 9.17) is 69.8 Å². The van der Waals surface area contributed by atoms with Crippen molar-refractivity contribution in [3.05, 3.63) is 294 Å².